The molecule has 1 atom stereocenters. The van der Waals surface area contributed by atoms with Crippen molar-refractivity contribution < 1.29 is 9.53 Å². The second kappa shape index (κ2) is 9.65. The molecule has 148 valence electrons. The monoisotopic (exact) mass is 437 g/mol. The van der Waals surface area contributed by atoms with Crippen LogP contribution in [0.25, 0.3) is 11.0 Å². The summed E-state index contributed by atoms with van der Waals surface area (Å²) in [4.78, 5) is 17.2. The third kappa shape index (κ3) is 5.00. The number of methoxy groups -OCH3 is 1. The standard InChI is InChI=1S/C20H21Cl2N3O2S/c1-13(19(26)23-12-14-5-3-4-6-16(14)22)28-20-24-17-11-15(21)7-8-18(17)25(20)9-10-27-2/h3-8,11,13H,9-10,12H2,1-2H3,(H,23,26). The Bertz CT molecular complexity index is 977. The van der Waals surface area contributed by atoms with Gasteiger partial charge in [0.25, 0.3) is 0 Å². The number of ether oxygens (including phenoxy) is 1. The zero-order chi connectivity index (χ0) is 20.1. The van der Waals surface area contributed by atoms with Crippen molar-refractivity contribution in [2.45, 2.75) is 30.4 Å². The fourth-order valence-electron chi connectivity index (χ4n) is 2.75. The maximum absolute atomic E-state index is 12.6. The van der Waals surface area contributed by atoms with Crippen molar-refractivity contribution in [3.63, 3.8) is 0 Å². The van der Waals surface area contributed by atoms with Gasteiger partial charge in [0.2, 0.25) is 5.91 Å². The number of nitrogens with zero attached hydrogens (tertiary/aromatic N) is 2. The van der Waals surface area contributed by atoms with Gasteiger partial charge in [-0.1, -0.05) is 53.2 Å². The molecule has 0 fully saturated rings. The lowest BCUT2D eigenvalue weighted by Crippen LogP contribution is -2.30. The van der Waals surface area contributed by atoms with Crippen molar-refractivity contribution in [1.29, 1.82) is 0 Å². The van der Waals surface area contributed by atoms with Gasteiger partial charge in [0.1, 0.15) is 0 Å². The van der Waals surface area contributed by atoms with E-state index in [1.54, 1.807) is 7.11 Å². The van der Waals surface area contributed by atoms with Gasteiger partial charge in [-0.15, -0.1) is 0 Å². The molecule has 1 unspecified atom stereocenters. The van der Waals surface area contributed by atoms with Crippen LogP contribution in [0.4, 0.5) is 0 Å². The van der Waals surface area contributed by atoms with Gasteiger partial charge in [0, 0.05) is 30.2 Å². The Morgan fingerprint density at radius 2 is 2.07 bits per heavy atom. The highest BCUT2D eigenvalue weighted by Gasteiger charge is 2.19. The van der Waals surface area contributed by atoms with Crippen LogP contribution in [0, 0.1) is 0 Å². The summed E-state index contributed by atoms with van der Waals surface area (Å²) < 4.78 is 7.27. The molecule has 2 aromatic carbocycles. The molecule has 0 saturated carbocycles. The second-order valence-electron chi connectivity index (χ2n) is 6.24. The number of carbonyl (C=O) groups excluding carboxylic acids is 1. The van der Waals surface area contributed by atoms with Gasteiger partial charge in [-0.05, 0) is 36.8 Å². The number of amides is 1. The van der Waals surface area contributed by atoms with Gasteiger partial charge < -0.3 is 14.6 Å². The lowest BCUT2D eigenvalue weighted by Gasteiger charge is -2.14. The summed E-state index contributed by atoms with van der Waals surface area (Å²) in [5.74, 6) is -0.0756. The van der Waals surface area contributed by atoms with E-state index in [1.807, 2.05) is 49.4 Å². The highest BCUT2D eigenvalue weighted by atomic mass is 35.5. The van der Waals surface area contributed by atoms with Crippen molar-refractivity contribution in [3.8, 4) is 0 Å². The van der Waals surface area contributed by atoms with E-state index in [0.717, 1.165) is 21.8 Å². The zero-order valence-electron chi connectivity index (χ0n) is 15.6. The van der Waals surface area contributed by atoms with E-state index in [4.69, 9.17) is 27.9 Å². The summed E-state index contributed by atoms with van der Waals surface area (Å²) in [5, 5.41) is 4.64. The molecule has 0 spiro atoms. The average Bonchev–Trinajstić information content (AvgIpc) is 3.01. The molecule has 0 aliphatic rings. The molecule has 3 aromatic rings. The molecule has 0 radical (unpaired) electrons. The number of nitrogens with one attached hydrogen (secondary N) is 1. The number of benzene rings is 2. The van der Waals surface area contributed by atoms with Gasteiger partial charge in [-0.3, -0.25) is 4.79 Å². The Kier molecular flexibility index (Phi) is 7.24. The summed E-state index contributed by atoms with van der Waals surface area (Å²) in [5.41, 5.74) is 2.65. The molecule has 0 bridgehead atoms. The van der Waals surface area contributed by atoms with E-state index < -0.39 is 0 Å². The summed E-state index contributed by atoms with van der Waals surface area (Å²) >= 11 is 13.7. The Morgan fingerprint density at radius 1 is 1.29 bits per heavy atom. The van der Waals surface area contributed by atoms with E-state index >= 15 is 0 Å². The maximum atomic E-state index is 12.6. The van der Waals surface area contributed by atoms with E-state index in [2.05, 4.69) is 14.9 Å². The molecule has 8 heteroatoms. The van der Waals surface area contributed by atoms with Crippen molar-refractivity contribution in [3.05, 3.63) is 58.1 Å². The fourth-order valence-corrected chi connectivity index (χ4v) is 4.09. The predicted octanol–water partition coefficient (Wildman–Crippen LogP) is 4.79. The first-order valence-corrected chi connectivity index (χ1v) is 10.5. The minimum absolute atomic E-state index is 0.0756. The normalized spacial score (nSPS) is 12.3. The minimum Gasteiger partial charge on any atom is -0.383 e. The molecular weight excluding hydrogens is 417 g/mol. The third-order valence-corrected chi connectivity index (χ3v) is 5.95. The van der Waals surface area contributed by atoms with Gasteiger partial charge in [0.15, 0.2) is 5.16 Å². The molecule has 0 aliphatic carbocycles. The van der Waals surface area contributed by atoms with E-state index in [9.17, 15) is 4.79 Å². The lowest BCUT2D eigenvalue weighted by atomic mass is 10.2. The third-order valence-electron chi connectivity index (χ3n) is 4.26. The number of fused-ring (bicyclic) bond motifs is 1. The van der Waals surface area contributed by atoms with E-state index in [1.165, 1.54) is 11.8 Å². The molecule has 0 saturated heterocycles. The number of halogens is 2. The molecule has 3 rings (SSSR count). The van der Waals surface area contributed by atoms with Crippen LogP contribution in [0.3, 0.4) is 0 Å². The number of thioether (sulfide) groups is 1. The second-order valence-corrected chi connectivity index (χ2v) is 8.39. The molecule has 0 aliphatic heterocycles. The van der Waals surface area contributed by atoms with Crippen LogP contribution < -0.4 is 5.32 Å². The van der Waals surface area contributed by atoms with Crippen LogP contribution in [0.5, 0.6) is 0 Å². The van der Waals surface area contributed by atoms with Gasteiger partial charge in [0.05, 0.1) is 22.9 Å². The largest absolute Gasteiger partial charge is 0.383 e. The van der Waals surface area contributed by atoms with Crippen molar-refractivity contribution in [1.82, 2.24) is 14.9 Å². The minimum atomic E-state index is -0.323. The number of hydrogen-bond donors (Lipinski definition) is 1. The first-order valence-electron chi connectivity index (χ1n) is 8.82. The number of rotatable bonds is 8. The number of imidazole rings is 1. The number of carbonyl (C=O) groups is 1. The topological polar surface area (TPSA) is 56.1 Å². The van der Waals surface area contributed by atoms with E-state index in [-0.39, 0.29) is 11.2 Å². The van der Waals surface area contributed by atoms with Crippen LogP contribution in [-0.2, 0) is 22.6 Å². The average molecular weight is 438 g/mol. The van der Waals surface area contributed by atoms with Crippen molar-refractivity contribution >= 4 is 51.9 Å². The Balaban J connectivity index is 1.73. The number of hydrogen-bond acceptors (Lipinski definition) is 4. The predicted molar refractivity (Wildman–Crippen MR) is 115 cm³/mol. The van der Waals surface area contributed by atoms with Crippen LogP contribution in [0.15, 0.2) is 47.6 Å². The Hall–Kier alpha value is -1.73. The first kappa shape index (κ1) is 21.0. The smallest absolute Gasteiger partial charge is 0.233 e. The lowest BCUT2D eigenvalue weighted by molar-refractivity contribution is -0.120. The summed E-state index contributed by atoms with van der Waals surface area (Å²) in [7, 11) is 1.66. The van der Waals surface area contributed by atoms with Crippen molar-refractivity contribution in [2.75, 3.05) is 13.7 Å². The van der Waals surface area contributed by atoms with Crippen LogP contribution in [0.2, 0.25) is 10.0 Å². The molecule has 1 aromatic heterocycles. The van der Waals surface area contributed by atoms with E-state index in [0.29, 0.717) is 29.7 Å². The maximum Gasteiger partial charge on any atom is 0.233 e. The summed E-state index contributed by atoms with van der Waals surface area (Å²) in [6, 6.07) is 13.1. The molecule has 28 heavy (non-hydrogen) atoms. The molecular formula is C20H21Cl2N3O2S. The quantitative estimate of drug-likeness (QED) is 0.514. The highest BCUT2D eigenvalue weighted by molar-refractivity contribution is 8.00. The molecule has 5 nitrogen and oxygen atoms in total. The molecule has 1 heterocycles. The first-order chi connectivity index (χ1) is 13.5. The van der Waals surface area contributed by atoms with Crippen molar-refractivity contribution in [2.24, 2.45) is 0 Å². The van der Waals surface area contributed by atoms with Crippen LogP contribution in [0.1, 0.15) is 12.5 Å². The summed E-state index contributed by atoms with van der Waals surface area (Å²) in [6.07, 6.45) is 0. The molecule has 1 N–H and O–H groups in total. The zero-order valence-corrected chi connectivity index (χ0v) is 17.9. The Morgan fingerprint density at radius 3 is 2.82 bits per heavy atom. The van der Waals surface area contributed by atoms with Crippen LogP contribution >= 0.6 is 35.0 Å². The van der Waals surface area contributed by atoms with Gasteiger partial charge in [-0.2, -0.15) is 0 Å². The molecule has 1 amide bonds. The van der Waals surface area contributed by atoms with Gasteiger partial charge >= 0.3 is 0 Å². The van der Waals surface area contributed by atoms with Gasteiger partial charge in [-0.25, -0.2) is 4.98 Å². The highest BCUT2D eigenvalue weighted by Crippen LogP contribution is 2.29. The number of aromatic nitrogens is 2. The Labute approximate surface area is 178 Å². The fraction of sp³-hybridized carbons (Fsp3) is 0.300. The van der Waals surface area contributed by atoms with Crippen LogP contribution in [-0.4, -0.2) is 34.4 Å². The summed E-state index contributed by atoms with van der Waals surface area (Å²) in [6.45, 7) is 3.44. The SMILES string of the molecule is COCCn1c(SC(C)C(=O)NCc2ccccc2Cl)nc2cc(Cl)ccc21.